The van der Waals surface area contributed by atoms with Crippen molar-refractivity contribution in [1.29, 1.82) is 0 Å². The molecule has 0 aliphatic carbocycles. The molecule has 0 rings (SSSR count). The van der Waals surface area contributed by atoms with Crippen LogP contribution < -0.4 is 0 Å². The summed E-state index contributed by atoms with van der Waals surface area (Å²) in [6.07, 6.45) is 1.46. The lowest BCUT2D eigenvalue weighted by atomic mass is 10.4. The molecule has 0 bridgehead atoms. The monoisotopic (exact) mass is 125 g/mol. The molecule has 50 valence electrons. The number of nitrogens with zero attached hydrogens (tertiary/aromatic N) is 1. The predicted molar refractivity (Wildman–Crippen MR) is 37.7 cm³/mol. The van der Waals surface area contributed by atoms with E-state index < -0.39 is 0 Å². The molecule has 0 saturated carbocycles. The molecule has 0 amide bonds. The van der Waals surface area contributed by atoms with Crippen LogP contribution >= 0.6 is 0 Å². The van der Waals surface area contributed by atoms with Crippen LogP contribution in [0.25, 0.3) is 0 Å². The molecule has 0 aromatic carbocycles. The smallest absolute Gasteiger partial charge is 0.0693 e. The number of aliphatic hydroxyl groups excluding tert-OH is 1. The zero-order valence-electron chi connectivity index (χ0n) is 5.76. The Balaban J connectivity index is 3.80. The molecule has 0 radical (unpaired) electrons. The van der Waals surface area contributed by atoms with E-state index in [0.29, 0.717) is 0 Å². The minimum atomic E-state index is 0.000610. The van der Waals surface area contributed by atoms with Gasteiger partial charge >= 0.3 is 0 Å². The van der Waals surface area contributed by atoms with Crippen LogP contribution in [-0.2, 0) is 0 Å². The highest BCUT2D eigenvalue weighted by Crippen LogP contribution is 1.79. The van der Waals surface area contributed by atoms with Crippen molar-refractivity contribution in [3.63, 3.8) is 0 Å². The van der Waals surface area contributed by atoms with Crippen LogP contribution in [0.2, 0.25) is 0 Å². The second-order valence-electron chi connectivity index (χ2n) is 1.87. The van der Waals surface area contributed by atoms with Crippen molar-refractivity contribution in [2.24, 2.45) is 4.99 Å². The van der Waals surface area contributed by atoms with Crippen LogP contribution in [0.15, 0.2) is 16.8 Å². The highest BCUT2D eigenvalue weighted by atomic mass is 16.2. The quantitative estimate of drug-likeness (QED) is 0.429. The van der Waals surface area contributed by atoms with E-state index in [1.807, 2.05) is 13.8 Å². The van der Waals surface area contributed by atoms with E-state index in [4.69, 9.17) is 5.11 Å². The van der Waals surface area contributed by atoms with E-state index in [1.54, 1.807) is 0 Å². The van der Waals surface area contributed by atoms with E-state index in [-0.39, 0.29) is 12.6 Å². The summed E-state index contributed by atoms with van der Waals surface area (Å²) in [4.78, 5) is 3.86. The second kappa shape index (κ2) is 5.33. The minimum absolute atomic E-state index is 0.000610. The molecular weight excluding hydrogens is 114 g/mol. The van der Waals surface area contributed by atoms with Crippen molar-refractivity contribution in [1.82, 2.24) is 0 Å². The summed E-state index contributed by atoms with van der Waals surface area (Å²) in [5, 5.41) is 8.23. The summed E-state index contributed by atoms with van der Waals surface area (Å²) in [6, 6.07) is 0.254. The Kier molecular flexibility index (Phi) is 4.85. The molecule has 0 unspecified atom stereocenters. The molecule has 1 N–H and O–H groups in total. The topological polar surface area (TPSA) is 32.6 Å². The fraction of sp³-hybridized carbons (Fsp3) is 0.571. The molecule has 0 aliphatic rings. The lowest BCUT2D eigenvalue weighted by molar-refractivity contribution is 0.343. The first-order valence-electron chi connectivity index (χ1n) is 2.90. The molecule has 0 aromatic heterocycles. The molecule has 0 spiro atoms. The van der Waals surface area contributed by atoms with Gasteiger partial charge in [-0.2, -0.15) is 0 Å². The van der Waals surface area contributed by atoms with Gasteiger partial charge in [-0.25, -0.2) is 4.99 Å². The summed E-state index contributed by atoms with van der Waals surface area (Å²) in [6.45, 7) is 3.90. The first kappa shape index (κ1) is 8.19. The summed E-state index contributed by atoms with van der Waals surface area (Å²) in [5.41, 5.74) is 2.57. The van der Waals surface area contributed by atoms with E-state index >= 15 is 0 Å². The number of aliphatic imine (C=N–C) groups is 1. The molecular formula is C7H11NO. The highest BCUT2D eigenvalue weighted by molar-refractivity contribution is 5.50. The zero-order chi connectivity index (χ0) is 7.11. The Morgan fingerprint density at radius 2 is 2.33 bits per heavy atom. The maximum atomic E-state index is 8.23. The molecule has 9 heavy (non-hydrogen) atoms. The van der Waals surface area contributed by atoms with Crippen LogP contribution in [0.3, 0.4) is 0 Å². The molecule has 0 atom stereocenters. The molecule has 2 nitrogen and oxygen atoms in total. The molecule has 0 aromatic rings. The van der Waals surface area contributed by atoms with Gasteiger partial charge in [-0.15, -0.1) is 0 Å². The Hall–Kier alpha value is -0.810. The van der Waals surface area contributed by atoms with Gasteiger partial charge in [0.2, 0.25) is 0 Å². The maximum Gasteiger partial charge on any atom is 0.0693 e. The normalized spacial score (nSPS) is 8.00. The third-order valence-corrected chi connectivity index (χ3v) is 0.581. The lowest BCUT2D eigenvalue weighted by Crippen LogP contribution is -1.84. The highest BCUT2D eigenvalue weighted by Gasteiger charge is 1.77. The third kappa shape index (κ3) is 7.19. The SMILES string of the molecule is CC(C)N=C=C=CCO. The van der Waals surface area contributed by atoms with E-state index in [2.05, 4.69) is 16.6 Å². The van der Waals surface area contributed by atoms with Gasteiger partial charge in [0.05, 0.1) is 12.6 Å². The fourth-order valence-electron chi connectivity index (χ4n) is 0.258. The number of rotatable bonds is 2. The van der Waals surface area contributed by atoms with Crippen LogP contribution in [0, 0.1) is 0 Å². The van der Waals surface area contributed by atoms with E-state index in [1.165, 1.54) is 6.08 Å². The first-order chi connectivity index (χ1) is 4.27. The minimum Gasteiger partial charge on any atom is -0.392 e. The predicted octanol–water partition coefficient (Wildman–Crippen LogP) is 0.768. The van der Waals surface area contributed by atoms with Gasteiger partial charge in [0.25, 0.3) is 0 Å². The van der Waals surface area contributed by atoms with Crippen LogP contribution in [0.5, 0.6) is 0 Å². The van der Waals surface area contributed by atoms with Crippen molar-refractivity contribution >= 4 is 5.87 Å². The molecule has 0 heterocycles. The number of aliphatic hydroxyl groups is 1. The van der Waals surface area contributed by atoms with E-state index in [0.717, 1.165) is 0 Å². The fourth-order valence-corrected chi connectivity index (χ4v) is 0.258. The van der Waals surface area contributed by atoms with Gasteiger partial charge in [-0.1, -0.05) is 5.73 Å². The lowest BCUT2D eigenvalue weighted by Gasteiger charge is -1.84. The average molecular weight is 125 g/mol. The molecule has 0 fully saturated rings. The zero-order valence-corrected chi connectivity index (χ0v) is 5.76. The Bertz CT molecular complexity index is 148. The standard InChI is InChI=1S/C7H11NO/c1-7(2)8-5-3-4-6-9/h4,7,9H,6H2,1-2H3. The van der Waals surface area contributed by atoms with Crippen molar-refractivity contribution in [3.8, 4) is 0 Å². The maximum absolute atomic E-state index is 8.23. The van der Waals surface area contributed by atoms with Gasteiger partial charge < -0.3 is 5.11 Å². The van der Waals surface area contributed by atoms with Crippen LogP contribution in [-0.4, -0.2) is 23.6 Å². The Labute approximate surface area is 55.2 Å². The molecule has 2 heteroatoms. The summed E-state index contributed by atoms with van der Waals surface area (Å²) < 4.78 is 0. The Morgan fingerprint density at radius 3 is 2.78 bits per heavy atom. The van der Waals surface area contributed by atoms with Crippen molar-refractivity contribution < 1.29 is 5.11 Å². The van der Waals surface area contributed by atoms with Gasteiger partial charge in [-0.05, 0) is 19.9 Å². The largest absolute Gasteiger partial charge is 0.392 e. The van der Waals surface area contributed by atoms with Crippen LogP contribution in [0.4, 0.5) is 0 Å². The average Bonchev–Trinajstić information content (AvgIpc) is 1.80. The van der Waals surface area contributed by atoms with Gasteiger partial charge in [0.1, 0.15) is 0 Å². The van der Waals surface area contributed by atoms with Gasteiger partial charge in [0, 0.05) is 5.87 Å². The van der Waals surface area contributed by atoms with Gasteiger partial charge in [-0.3, -0.25) is 0 Å². The van der Waals surface area contributed by atoms with E-state index in [9.17, 15) is 0 Å². The molecule has 0 aliphatic heterocycles. The first-order valence-corrected chi connectivity index (χ1v) is 2.90. The third-order valence-electron chi connectivity index (χ3n) is 0.581. The summed E-state index contributed by atoms with van der Waals surface area (Å²) in [7, 11) is 0. The van der Waals surface area contributed by atoms with Gasteiger partial charge in [0.15, 0.2) is 0 Å². The Morgan fingerprint density at radius 1 is 1.67 bits per heavy atom. The van der Waals surface area contributed by atoms with Crippen molar-refractivity contribution in [3.05, 3.63) is 11.8 Å². The molecule has 0 saturated heterocycles. The number of hydrogen-bond donors (Lipinski definition) is 1. The summed E-state index contributed by atoms with van der Waals surface area (Å²) >= 11 is 0. The second-order valence-corrected chi connectivity index (χ2v) is 1.87. The van der Waals surface area contributed by atoms with Crippen molar-refractivity contribution in [2.75, 3.05) is 6.61 Å². The number of hydrogen-bond acceptors (Lipinski definition) is 2. The van der Waals surface area contributed by atoms with Crippen LogP contribution in [0.1, 0.15) is 13.8 Å². The summed E-state index contributed by atoms with van der Waals surface area (Å²) in [5.74, 6) is 2.55. The van der Waals surface area contributed by atoms with Crippen molar-refractivity contribution in [2.45, 2.75) is 19.9 Å².